The van der Waals surface area contributed by atoms with E-state index in [1.54, 1.807) is 0 Å². The van der Waals surface area contributed by atoms with Crippen LogP contribution in [0.3, 0.4) is 0 Å². The summed E-state index contributed by atoms with van der Waals surface area (Å²) in [6.07, 6.45) is 10.7. The number of fused-ring (bicyclic) bond motifs is 6. The van der Waals surface area contributed by atoms with Crippen molar-refractivity contribution >= 4 is 0 Å². The first-order valence-corrected chi connectivity index (χ1v) is 28.7. The van der Waals surface area contributed by atoms with Gasteiger partial charge < -0.3 is 44.3 Å². The molecule has 426 valence electrons. The Morgan fingerprint density at radius 2 is 0.649 bits per heavy atom. The van der Waals surface area contributed by atoms with Crippen LogP contribution < -0.4 is 0 Å². The molecular weight excluding hydrogens is 961 g/mol. The first kappa shape index (κ1) is 59.8. The molecule has 10 heterocycles. The highest BCUT2D eigenvalue weighted by Crippen LogP contribution is 2.30. The molecular formula is C61H100N14O2. The summed E-state index contributed by atoms with van der Waals surface area (Å²) in [6.45, 7) is 46.3. The summed E-state index contributed by atoms with van der Waals surface area (Å²) >= 11 is 0. The molecule has 0 aromatic carbocycles. The summed E-state index contributed by atoms with van der Waals surface area (Å²) in [5, 5.41) is 0. The quantitative estimate of drug-likeness (QED) is 0.0851. The average molecular weight is 1060 g/mol. The van der Waals surface area contributed by atoms with Crippen molar-refractivity contribution in [3.05, 3.63) is 103 Å². The van der Waals surface area contributed by atoms with Gasteiger partial charge in [0.2, 0.25) is 0 Å². The van der Waals surface area contributed by atoms with Crippen molar-refractivity contribution in [1.29, 1.82) is 0 Å². The number of imidazole rings is 6. The van der Waals surface area contributed by atoms with Crippen LogP contribution in [0.25, 0.3) is 0 Å². The highest BCUT2D eigenvalue weighted by atomic mass is 16.5. The number of rotatable bonds is 0. The van der Waals surface area contributed by atoms with E-state index in [2.05, 4.69) is 208 Å². The number of aromatic nitrogens is 12. The summed E-state index contributed by atoms with van der Waals surface area (Å²) in [6, 6.07) is 0. The van der Waals surface area contributed by atoms with Gasteiger partial charge in [0.05, 0.1) is 83.4 Å². The Morgan fingerprint density at radius 1 is 0.312 bits per heavy atom. The Kier molecular flexibility index (Phi) is 18.2. The van der Waals surface area contributed by atoms with E-state index in [0.717, 1.165) is 97.7 Å². The molecule has 0 fully saturated rings. The molecule has 16 heteroatoms. The summed E-state index contributed by atoms with van der Waals surface area (Å²) in [5.74, 6) is 6.67. The zero-order valence-corrected chi connectivity index (χ0v) is 51.4. The molecule has 77 heavy (non-hydrogen) atoms. The molecule has 0 spiro atoms. The Labute approximate surface area is 462 Å². The maximum absolute atomic E-state index is 5.35. The number of nitrogens with one attached hydrogen (secondary N) is 6. The second kappa shape index (κ2) is 23.4. The van der Waals surface area contributed by atoms with Gasteiger partial charge in [0.15, 0.2) is 0 Å². The Bertz CT molecular complexity index is 2620. The first-order valence-electron chi connectivity index (χ1n) is 28.7. The monoisotopic (exact) mass is 1060 g/mol. The number of H-pyrrole nitrogens is 6. The standard InChI is InChI=1S/C11H19N3.C11H18N2.C10H17N3.C10H16N2O.C10H16N2.C9H14N2O/c1-11(2,3)10-12-8-5-6-14(4)7-9(8)13-10;1-11(2,3)10-12-8-6-4-5-7-9(8)13-10;1-10(2,3)9-11-7-5-13(4)6-8(7)12-9;1-10(2,3)9-11-7-4-5-13-6-8(7)12-9;1-10(2,3)9-11-7-5-4-6-8(7)12-9;1-9(2,3)8-10-6-4-12-5-7(6)11-8/h5-7H2,1-4H3,(H,12,13);4-7H2,1-3H3,(H,12,13);5-6H2,1-4H3,(H,11,12);4-6H2,1-3H3,(H,11,12);4-6H2,1-3H3,(H,11,12);4-5H2,1-3H3,(H,10,11). The van der Waals surface area contributed by atoms with Crippen LogP contribution in [0, 0.1) is 0 Å². The Morgan fingerprint density at radius 3 is 1.09 bits per heavy atom. The van der Waals surface area contributed by atoms with E-state index in [0.29, 0.717) is 19.8 Å². The van der Waals surface area contributed by atoms with E-state index in [4.69, 9.17) is 9.47 Å². The van der Waals surface area contributed by atoms with Gasteiger partial charge in [-0.3, -0.25) is 4.90 Å². The summed E-state index contributed by atoms with van der Waals surface area (Å²) in [7, 11) is 4.27. The van der Waals surface area contributed by atoms with Gasteiger partial charge in [0, 0.05) is 82.9 Å². The molecule has 0 unspecified atom stereocenters. The predicted molar refractivity (Wildman–Crippen MR) is 309 cm³/mol. The molecule has 2 aliphatic carbocycles. The number of hydrogen-bond acceptors (Lipinski definition) is 10. The van der Waals surface area contributed by atoms with Crippen LogP contribution >= 0.6 is 0 Å². The summed E-state index contributed by atoms with van der Waals surface area (Å²) < 4.78 is 10.6. The number of aryl methyl sites for hydroxylation is 4. The van der Waals surface area contributed by atoms with Crippen LogP contribution in [0.4, 0.5) is 0 Å². The van der Waals surface area contributed by atoms with Gasteiger partial charge in [0.25, 0.3) is 0 Å². The molecule has 0 amide bonds. The SMILES string of the molecule is CC(C)(C)c1nc2c([nH]1)CCC2.CC(C)(C)c1nc2c([nH]1)CCCC2.CC(C)(C)c1nc2c([nH]1)COC2.CC(C)(C)c1nc2c([nH]1)COCC2.CN1CCc2nc(C(C)(C)C)[nH]c2C1.CN1Cc2nc(C(C)(C)C)[nH]c2C1. The van der Waals surface area contributed by atoms with Gasteiger partial charge in [-0.15, -0.1) is 0 Å². The molecule has 0 bridgehead atoms. The van der Waals surface area contributed by atoms with Crippen LogP contribution in [0.2, 0.25) is 0 Å². The second-order valence-electron chi connectivity index (χ2n) is 28.6. The smallest absolute Gasteiger partial charge is 0.112 e. The molecule has 6 aliphatic rings. The lowest BCUT2D eigenvalue weighted by atomic mass is 9.96. The van der Waals surface area contributed by atoms with Crippen LogP contribution in [0.5, 0.6) is 0 Å². The third-order valence-electron chi connectivity index (χ3n) is 14.6. The van der Waals surface area contributed by atoms with E-state index in [1.807, 2.05) is 0 Å². The summed E-state index contributed by atoms with van der Waals surface area (Å²) in [4.78, 5) is 52.6. The molecule has 0 saturated heterocycles. The average Bonchev–Trinajstić information content (AvgIpc) is 4.15. The minimum Gasteiger partial charge on any atom is -0.375 e. The molecule has 4 aliphatic heterocycles. The van der Waals surface area contributed by atoms with E-state index >= 15 is 0 Å². The lowest BCUT2D eigenvalue weighted by molar-refractivity contribution is 0.107. The van der Waals surface area contributed by atoms with Gasteiger partial charge in [-0.05, 0) is 59.0 Å². The van der Waals surface area contributed by atoms with Gasteiger partial charge in [-0.25, -0.2) is 29.9 Å². The minimum atomic E-state index is 0.108. The Balaban J connectivity index is 0.000000134. The zero-order chi connectivity index (χ0) is 56.5. The van der Waals surface area contributed by atoms with Gasteiger partial charge in [-0.1, -0.05) is 125 Å². The third-order valence-corrected chi connectivity index (χ3v) is 14.6. The van der Waals surface area contributed by atoms with Crippen molar-refractivity contribution in [2.45, 2.75) is 254 Å². The minimum absolute atomic E-state index is 0.108. The number of aromatic amines is 6. The van der Waals surface area contributed by atoms with Crippen LogP contribution in [-0.2, 0) is 120 Å². The summed E-state index contributed by atoms with van der Waals surface area (Å²) in [5.41, 5.74) is 15.9. The highest BCUT2D eigenvalue weighted by molar-refractivity contribution is 5.25. The maximum atomic E-state index is 5.35. The maximum Gasteiger partial charge on any atom is 0.112 e. The van der Waals surface area contributed by atoms with Crippen molar-refractivity contribution < 1.29 is 9.47 Å². The van der Waals surface area contributed by atoms with Gasteiger partial charge in [-0.2, -0.15) is 0 Å². The highest BCUT2D eigenvalue weighted by Gasteiger charge is 2.29. The fraction of sp³-hybridized carbons (Fsp3) is 0.705. The first-order chi connectivity index (χ1) is 35.7. The third kappa shape index (κ3) is 15.9. The number of ether oxygens (including phenoxy) is 2. The molecule has 0 radical (unpaired) electrons. The molecule has 6 aromatic rings. The lowest BCUT2D eigenvalue weighted by Gasteiger charge is -2.20. The van der Waals surface area contributed by atoms with Crippen molar-refractivity contribution in [2.75, 3.05) is 27.2 Å². The molecule has 12 rings (SSSR count). The van der Waals surface area contributed by atoms with E-state index in [1.165, 1.54) is 96.2 Å². The van der Waals surface area contributed by atoms with Crippen molar-refractivity contribution in [3.63, 3.8) is 0 Å². The topological polar surface area (TPSA) is 197 Å². The van der Waals surface area contributed by atoms with Crippen molar-refractivity contribution in [1.82, 2.24) is 69.6 Å². The van der Waals surface area contributed by atoms with E-state index < -0.39 is 0 Å². The second-order valence-corrected chi connectivity index (χ2v) is 28.6. The number of likely N-dealkylation sites (N-methyl/N-ethyl adjacent to an activating group) is 1. The van der Waals surface area contributed by atoms with E-state index in [9.17, 15) is 0 Å². The molecule has 6 aromatic heterocycles. The number of nitrogens with zero attached hydrogens (tertiary/aromatic N) is 8. The number of hydrogen-bond donors (Lipinski definition) is 6. The van der Waals surface area contributed by atoms with E-state index in [-0.39, 0.29) is 32.5 Å². The van der Waals surface area contributed by atoms with Crippen molar-refractivity contribution in [3.8, 4) is 0 Å². The van der Waals surface area contributed by atoms with Gasteiger partial charge in [0.1, 0.15) is 34.9 Å². The van der Waals surface area contributed by atoms with Crippen molar-refractivity contribution in [2.24, 2.45) is 0 Å². The van der Waals surface area contributed by atoms with Crippen LogP contribution in [0.1, 0.15) is 247 Å². The molecule has 0 atom stereocenters. The predicted octanol–water partition coefficient (Wildman–Crippen LogP) is 11.6. The Hall–Kier alpha value is -4.90. The lowest BCUT2D eigenvalue weighted by Crippen LogP contribution is -2.26. The largest absolute Gasteiger partial charge is 0.375 e. The zero-order valence-electron chi connectivity index (χ0n) is 51.4. The normalized spacial score (nSPS) is 17.3. The molecule has 6 N–H and O–H groups in total. The van der Waals surface area contributed by atoms with Crippen LogP contribution in [0.15, 0.2) is 0 Å². The fourth-order valence-electron chi connectivity index (χ4n) is 9.64. The van der Waals surface area contributed by atoms with Crippen LogP contribution in [-0.4, -0.2) is 96.9 Å². The molecule has 0 saturated carbocycles. The fourth-order valence-corrected chi connectivity index (χ4v) is 9.64. The van der Waals surface area contributed by atoms with Gasteiger partial charge >= 0.3 is 0 Å². The molecule has 16 nitrogen and oxygen atoms in total.